The van der Waals surface area contributed by atoms with E-state index in [0.29, 0.717) is 83.1 Å². The van der Waals surface area contributed by atoms with Crippen LogP contribution < -0.4 is 9.64 Å². The second-order valence-electron chi connectivity index (χ2n) is 16.6. The number of hydrogen-bond donors (Lipinski definition) is 2. The number of rotatable bonds is 8. The molecule has 5 aromatic rings. The van der Waals surface area contributed by atoms with Gasteiger partial charge in [-0.1, -0.05) is 0 Å². The number of alkyl halides is 3. The van der Waals surface area contributed by atoms with Gasteiger partial charge < -0.3 is 29.3 Å². The zero-order valence-electron chi connectivity index (χ0n) is 31.4. The van der Waals surface area contributed by atoms with Gasteiger partial charge in [0.05, 0.1) is 65.0 Å². The van der Waals surface area contributed by atoms with Gasteiger partial charge >= 0.3 is 12.2 Å². The van der Waals surface area contributed by atoms with Gasteiger partial charge in [0, 0.05) is 41.7 Å². The number of anilines is 1. The Morgan fingerprint density at radius 1 is 1.05 bits per heavy atom. The summed E-state index contributed by atoms with van der Waals surface area (Å²) in [5, 5.41) is 28.1. The minimum absolute atomic E-state index is 0.109. The first-order valence-corrected chi connectivity index (χ1v) is 20.7. The largest absolute Gasteiger partial charge is 0.461 e. The highest BCUT2D eigenvalue weighted by atomic mass is 32.1. The molecule has 2 N–H and O–H groups in total. The molecule has 16 heteroatoms. The minimum atomic E-state index is -4.60. The first kappa shape index (κ1) is 36.7. The highest BCUT2D eigenvalue weighted by Gasteiger charge is 2.50. The number of benzene rings is 1. The summed E-state index contributed by atoms with van der Waals surface area (Å²) < 4.78 is 66.2. The number of aliphatic hydroxyl groups is 2. The molecular formula is C40H46F3N7O5S. The normalized spacial score (nSPS) is 27.8. The van der Waals surface area contributed by atoms with E-state index in [9.17, 15) is 10.2 Å². The zero-order valence-corrected chi connectivity index (χ0v) is 32.2. The molecule has 56 heavy (non-hydrogen) atoms. The second kappa shape index (κ2) is 13.7. The Labute approximate surface area is 325 Å². The summed E-state index contributed by atoms with van der Waals surface area (Å²) in [4.78, 5) is 19.9. The Morgan fingerprint density at radius 3 is 2.71 bits per heavy atom. The van der Waals surface area contributed by atoms with E-state index in [4.69, 9.17) is 29.2 Å². The Hall–Kier alpha value is -3.67. The molecule has 4 atom stereocenters. The Morgan fingerprint density at radius 2 is 1.93 bits per heavy atom. The molecule has 4 saturated heterocycles. The molecule has 0 spiro atoms. The van der Waals surface area contributed by atoms with E-state index in [1.165, 1.54) is 17.4 Å². The summed E-state index contributed by atoms with van der Waals surface area (Å²) in [5.74, 6) is 0.315. The van der Waals surface area contributed by atoms with Crippen LogP contribution in [0.15, 0.2) is 24.5 Å². The van der Waals surface area contributed by atoms with Crippen LogP contribution >= 0.6 is 11.3 Å². The van der Waals surface area contributed by atoms with Gasteiger partial charge in [-0.25, -0.2) is 4.68 Å². The van der Waals surface area contributed by atoms with E-state index in [1.807, 2.05) is 11.0 Å². The lowest BCUT2D eigenvalue weighted by molar-refractivity contribution is -0.138. The van der Waals surface area contributed by atoms with Crippen molar-refractivity contribution in [1.82, 2.24) is 29.6 Å². The van der Waals surface area contributed by atoms with Crippen molar-refractivity contribution in [3.8, 4) is 17.3 Å². The van der Waals surface area contributed by atoms with Crippen molar-refractivity contribution in [2.45, 2.75) is 100 Å². The lowest BCUT2D eigenvalue weighted by atomic mass is 9.90. The lowest BCUT2D eigenvalue weighted by Gasteiger charge is -2.34. The van der Waals surface area contributed by atoms with Crippen LogP contribution in [-0.2, 0) is 15.7 Å². The van der Waals surface area contributed by atoms with E-state index in [1.54, 1.807) is 24.0 Å². The zero-order chi connectivity index (χ0) is 38.4. The summed E-state index contributed by atoms with van der Waals surface area (Å²) in [6.45, 7) is 4.89. The Balaban J connectivity index is 1.16. The van der Waals surface area contributed by atoms with Crippen LogP contribution in [-0.4, -0.2) is 110 Å². The maximum atomic E-state index is 15.2. The number of ether oxygens (including phenoxy) is 3. The number of fused-ring (bicyclic) bond motifs is 5. The van der Waals surface area contributed by atoms with E-state index in [-0.39, 0.29) is 48.8 Å². The molecule has 0 amide bonds. The van der Waals surface area contributed by atoms with Crippen LogP contribution in [0.25, 0.3) is 42.5 Å². The molecule has 0 radical (unpaired) electrons. The fourth-order valence-electron chi connectivity index (χ4n) is 9.86. The summed E-state index contributed by atoms with van der Waals surface area (Å²) in [6, 6.07) is 3.45. The molecule has 1 aliphatic carbocycles. The SMILES string of the molecule is C[C@@]1(O)COCCN(c2nc(OC[C@@]34CCCN3[C@H](CO)CC4)nc3sc4c(-c5c(C6CC6)c(C(F)(F)F)cc6c5cnn6C5CCCCO5)nccc4c23)C1. The standard InChI is InChI=1S/C40H46F3N7O5S/c1-38(52)20-48(14-16-53-21-38)35-32-25-9-12-44-33(34(25)56-36(32)47-37(46-35)55-22-39-10-4-13-49(39)24(19-51)8-11-39)31-26-18-45-50(29-5-2-3-15-54-29)28(26)17-27(40(41,42)43)30(31)23-6-7-23/h9,12,17-18,23-24,29,51-52H,2-8,10-11,13-16,19-22H2,1H3/t24-,29?,38-,39-/m0/s1. The number of halogens is 3. The fraction of sp³-hybridized carbons (Fsp3) is 0.600. The van der Waals surface area contributed by atoms with Gasteiger partial charge in [0.15, 0.2) is 6.23 Å². The van der Waals surface area contributed by atoms with Crippen LogP contribution in [0.4, 0.5) is 19.0 Å². The van der Waals surface area contributed by atoms with E-state index in [2.05, 4.69) is 10.00 Å². The maximum Gasteiger partial charge on any atom is 0.416 e. The number of aromatic nitrogens is 5. The van der Waals surface area contributed by atoms with E-state index < -0.39 is 23.6 Å². The molecule has 298 valence electrons. The van der Waals surface area contributed by atoms with Crippen molar-refractivity contribution in [1.29, 1.82) is 0 Å². The van der Waals surface area contributed by atoms with E-state index >= 15 is 13.2 Å². The molecule has 1 unspecified atom stereocenters. The van der Waals surface area contributed by atoms with Gasteiger partial charge in [-0.05, 0) is 94.9 Å². The molecule has 1 aromatic carbocycles. The number of aliphatic hydroxyl groups excluding tert-OH is 1. The van der Waals surface area contributed by atoms with Gasteiger partial charge in [-0.2, -0.15) is 28.2 Å². The van der Waals surface area contributed by atoms with Crippen molar-refractivity contribution in [3.05, 3.63) is 35.7 Å². The third kappa shape index (κ3) is 6.22. The molecule has 0 bridgehead atoms. The van der Waals surface area contributed by atoms with Crippen LogP contribution in [0, 0.1) is 0 Å². The van der Waals surface area contributed by atoms with Crippen LogP contribution in [0.3, 0.4) is 0 Å². The van der Waals surface area contributed by atoms with Crippen molar-refractivity contribution in [2.24, 2.45) is 0 Å². The smallest absolute Gasteiger partial charge is 0.416 e. The third-order valence-electron chi connectivity index (χ3n) is 12.6. The van der Waals surface area contributed by atoms with Crippen molar-refractivity contribution < 1.29 is 37.6 Å². The average molecular weight is 794 g/mol. The Bertz CT molecular complexity index is 2310. The molecule has 5 aliphatic rings. The predicted octanol–water partition coefficient (Wildman–Crippen LogP) is 6.81. The molecule has 4 aliphatic heterocycles. The summed E-state index contributed by atoms with van der Waals surface area (Å²) in [5.41, 5.74) is -0.473. The molecule has 5 fully saturated rings. The molecule has 8 heterocycles. The lowest BCUT2D eigenvalue weighted by Crippen LogP contribution is -2.47. The fourth-order valence-corrected chi connectivity index (χ4v) is 11.0. The van der Waals surface area contributed by atoms with Gasteiger partial charge in [0.2, 0.25) is 0 Å². The molecule has 12 nitrogen and oxygen atoms in total. The van der Waals surface area contributed by atoms with Crippen LogP contribution in [0.5, 0.6) is 6.01 Å². The highest BCUT2D eigenvalue weighted by Crippen LogP contribution is 2.54. The summed E-state index contributed by atoms with van der Waals surface area (Å²) in [7, 11) is 0. The second-order valence-corrected chi connectivity index (χ2v) is 17.6. The molecule has 10 rings (SSSR count). The van der Waals surface area contributed by atoms with Gasteiger partial charge in [-0.15, -0.1) is 11.3 Å². The number of β-amino-alcohol motifs (C(OH)–C–C–N with tert-alkyl or cyclic N) is 1. The molecule has 1 saturated carbocycles. The van der Waals surface area contributed by atoms with Crippen LogP contribution in [0.1, 0.15) is 88.0 Å². The average Bonchev–Trinajstić information content (AvgIpc) is 3.51. The molecular weight excluding hydrogens is 748 g/mol. The van der Waals surface area contributed by atoms with Gasteiger partial charge in [0.25, 0.3) is 0 Å². The monoisotopic (exact) mass is 793 g/mol. The van der Waals surface area contributed by atoms with Gasteiger partial charge in [-0.3, -0.25) is 9.88 Å². The first-order valence-electron chi connectivity index (χ1n) is 19.9. The van der Waals surface area contributed by atoms with Gasteiger partial charge in [0.1, 0.15) is 22.9 Å². The number of nitrogens with zero attached hydrogens (tertiary/aromatic N) is 7. The molecule has 4 aromatic heterocycles. The van der Waals surface area contributed by atoms with Crippen molar-refractivity contribution >= 4 is 48.4 Å². The Kier molecular flexibility index (Phi) is 8.98. The summed E-state index contributed by atoms with van der Waals surface area (Å²) >= 11 is 1.37. The topological polar surface area (TPSA) is 131 Å². The highest BCUT2D eigenvalue weighted by molar-refractivity contribution is 7.26. The minimum Gasteiger partial charge on any atom is -0.461 e. The third-order valence-corrected chi connectivity index (χ3v) is 13.7. The predicted molar refractivity (Wildman–Crippen MR) is 205 cm³/mol. The number of pyridine rings is 1. The van der Waals surface area contributed by atoms with Crippen molar-refractivity contribution in [3.63, 3.8) is 0 Å². The number of thiophene rings is 1. The van der Waals surface area contributed by atoms with Crippen LogP contribution in [0.2, 0.25) is 0 Å². The van der Waals surface area contributed by atoms with E-state index in [0.717, 1.165) is 55.8 Å². The summed E-state index contributed by atoms with van der Waals surface area (Å²) in [6.07, 6.45) is 5.89. The maximum absolute atomic E-state index is 15.2. The van der Waals surface area contributed by atoms with Crippen molar-refractivity contribution in [2.75, 3.05) is 57.6 Å². The number of hydrogen-bond acceptors (Lipinski definition) is 12. The first-order chi connectivity index (χ1) is 27.0. The quantitative estimate of drug-likeness (QED) is 0.172.